The predicted octanol–water partition coefficient (Wildman–Crippen LogP) is 5.04. The van der Waals surface area contributed by atoms with Gasteiger partial charge in [0.05, 0.1) is 26.6 Å². The molecule has 3 aromatic rings. The lowest BCUT2D eigenvalue weighted by molar-refractivity contribution is -0.541. The Kier molecular flexibility index (Phi) is 6.77. The Morgan fingerprint density at radius 2 is 1.74 bits per heavy atom. The van der Waals surface area contributed by atoms with Crippen molar-refractivity contribution in [3.05, 3.63) is 105 Å². The third kappa shape index (κ3) is 4.57. The molecule has 1 heterocycles. The molecule has 4 rings (SSSR count). The summed E-state index contributed by atoms with van der Waals surface area (Å²) in [5, 5.41) is 12.5. The average Bonchev–Trinajstić information content (AvgIpc) is 2.86. The molecular formula is C26H24FNO6. The molecule has 0 bridgehead atoms. The third-order valence-electron chi connectivity index (χ3n) is 6.24. The first-order valence-corrected chi connectivity index (χ1v) is 10.8. The molecule has 0 aliphatic carbocycles. The molecule has 0 radical (unpaired) electrons. The number of ether oxygens (including phenoxy) is 3. The van der Waals surface area contributed by atoms with Gasteiger partial charge in [0.2, 0.25) is 0 Å². The molecule has 0 spiro atoms. The first-order valence-electron chi connectivity index (χ1n) is 10.8. The van der Waals surface area contributed by atoms with Gasteiger partial charge in [-0.15, -0.1) is 0 Å². The molecule has 8 heteroatoms. The van der Waals surface area contributed by atoms with Crippen LogP contribution in [0.2, 0.25) is 0 Å². The fourth-order valence-electron chi connectivity index (χ4n) is 4.62. The smallest absolute Gasteiger partial charge is 0.306 e. The molecular weight excluding hydrogens is 441 g/mol. The van der Waals surface area contributed by atoms with E-state index in [9.17, 15) is 19.3 Å². The monoisotopic (exact) mass is 465 g/mol. The fraction of sp³-hybridized carbons (Fsp3) is 0.269. The van der Waals surface area contributed by atoms with Gasteiger partial charge in [-0.05, 0) is 41.5 Å². The summed E-state index contributed by atoms with van der Waals surface area (Å²) in [6, 6.07) is 18.5. The van der Waals surface area contributed by atoms with Crippen molar-refractivity contribution in [1.82, 2.24) is 0 Å². The number of rotatable bonds is 7. The number of nitrogens with zero attached hydrogens (tertiary/aromatic N) is 1. The van der Waals surface area contributed by atoms with Crippen LogP contribution < -0.4 is 9.47 Å². The Morgan fingerprint density at radius 3 is 2.35 bits per heavy atom. The zero-order valence-electron chi connectivity index (χ0n) is 18.7. The lowest BCUT2D eigenvalue weighted by Crippen LogP contribution is -2.43. The van der Waals surface area contributed by atoms with Crippen molar-refractivity contribution in [3.8, 4) is 11.5 Å². The number of methoxy groups -OCH3 is 2. The fourth-order valence-corrected chi connectivity index (χ4v) is 4.62. The number of carbonyl (C=O) groups is 1. The van der Waals surface area contributed by atoms with E-state index in [-0.39, 0.29) is 11.3 Å². The van der Waals surface area contributed by atoms with Gasteiger partial charge < -0.3 is 14.2 Å². The summed E-state index contributed by atoms with van der Waals surface area (Å²) in [6.45, 7) is 0. The lowest BCUT2D eigenvalue weighted by atomic mass is 9.71. The van der Waals surface area contributed by atoms with Crippen LogP contribution in [-0.4, -0.2) is 31.2 Å². The predicted molar refractivity (Wildman–Crippen MR) is 122 cm³/mol. The van der Waals surface area contributed by atoms with Crippen LogP contribution in [0.3, 0.4) is 0 Å². The summed E-state index contributed by atoms with van der Waals surface area (Å²) < 4.78 is 29.9. The normalized spacial score (nSPS) is 19.9. The largest absolute Gasteiger partial charge is 0.497 e. The van der Waals surface area contributed by atoms with Crippen LogP contribution in [0, 0.1) is 15.9 Å². The number of hydrogen-bond donors (Lipinski definition) is 0. The highest BCUT2D eigenvalue weighted by atomic mass is 19.1. The van der Waals surface area contributed by atoms with E-state index in [4.69, 9.17) is 14.2 Å². The summed E-state index contributed by atoms with van der Waals surface area (Å²) in [4.78, 5) is 24.6. The van der Waals surface area contributed by atoms with Gasteiger partial charge in [-0.1, -0.05) is 42.5 Å². The van der Waals surface area contributed by atoms with Gasteiger partial charge in [-0.2, -0.15) is 0 Å². The molecule has 0 amide bonds. The SMILES string of the molecule is COC(=O)C[C@H](c1ccc(OC)cc1)[C@@H]1c2ccccc2O[C@@H](c2ccc(F)cc2)[C@H]1[N+](=O)[O-]. The van der Waals surface area contributed by atoms with Crippen LogP contribution in [0.5, 0.6) is 11.5 Å². The second-order valence-electron chi connectivity index (χ2n) is 8.09. The van der Waals surface area contributed by atoms with Crippen LogP contribution >= 0.6 is 0 Å². The van der Waals surface area contributed by atoms with Crippen molar-refractivity contribution >= 4 is 5.97 Å². The second kappa shape index (κ2) is 9.91. The highest BCUT2D eigenvalue weighted by Crippen LogP contribution is 2.50. The second-order valence-corrected chi connectivity index (χ2v) is 8.09. The molecule has 0 aromatic heterocycles. The van der Waals surface area contributed by atoms with E-state index in [1.165, 1.54) is 31.4 Å². The van der Waals surface area contributed by atoms with Gasteiger partial charge in [0.1, 0.15) is 17.3 Å². The van der Waals surface area contributed by atoms with Crippen molar-refractivity contribution in [2.75, 3.05) is 14.2 Å². The van der Waals surface area contributed by atoms with Crippen molar-refractivity contribution in [2.45, 2.75) is 30.4 Å². The Hall–Kier alpha value is -3.94. The van der Waals surface area contributed by atoms with Gasteiger partial charge in [-0.25, -0.2) is 4.39 Å². The number of fused-ring (bicyclic) bond motifs is 1. The van der Waals surface area contributed by atoms with E-state index in [0.29, 0.717) is 22.6 Å². The zero-order chi connectivity index (χ0) is 24.2. The van der Waals surface area contributed by atoms with Crippen LogP contribution in [0.15, 0.2) is 72.8 Å². The lowest BCUT2D eigenvalue weighted by Gasteiger charge is -2.38. The molecule has 1 aliphatic rings. The third-order valence-corrected chi connectivity index (χ3v) is 6.24. The Balaban J connectivity index is 1.89. The molecule has 0 fully saturated rings. The number of carbonyl (C=O) groups excluding carboxylic acids is 1. The minimum Gasteiger partial charge on any atom is -0.497 e. The topological polar surface area (TPSA) is 87.9 Å². The molecule has 176 valence electrons. The average molecular weight is 465 g/mol. The molecule has 34 heavy (non-hydrogen) atoms. The Morgan fingerprint density at radius 1 is 1.06 bits per heavy atom. The molecule has 4 atom stereocenters. The van der Waals surface area contributed by atoms with Gasteiger partial charge in [0.25, 0.3) is 6.04 Å². The Bertz CT molecular complexity index is 1160. The number of hydrogen-bond acceptors (Lipinski definition) is 6. The van der Waals surface area contributed by atoms with Crippen molar-refractivity contribution in [1.29, 1.82) is 0 Å². The van der Waals surface area contributed by atoms with Crippen molar-refractivity contribution in [2.24, 2.45) is 0 Å². The quantitative estimate of drug-likeness (QED) is 0.276. The zero-order valence-corrected chi connectivity index (χ0v) is 18.7. The van der Waals surface area contributed by atoms with Crippen molar-refractivity contribution < 1.29 is 28.3 Å². The Labute approximate surface area is 196 Å². The van der Waals surface area contributed by atoms with Crippen LogP contribution in [0.25, 0.3) is 0 Å². The van der Waals surface area contributed by atoms with Gasteiger partial charge in [0, 0.05) is 16.4 Å². The van der Waals surface area contributed by atoms with E-state index in [2.05, 4.69) is 0 Å². The van der Waals surface area contributed by atoms with Gasteiger partial charge in [0.15, 0.2) is 6.10 Å². The minimum atomic E-state index is -1.24. The summed E-state index contributed by atoms with van der Waals surface area (Å²) in [7, 11) is 2.84. The molecule has 1 aliphatic heterocycles. The highest BCUT2D eigenvalue weighted by Gasteiger charge is 2.51. The minimum absolute atomic E-state index is 0.0672. The van der Waals surface area contributed by atoms with E-state index in [1.54, 1.807) is 55.6 Å². The summed E-state index contributed by atoms with van der Waals surface area (Å²) in [5.41, 5.74) is 1.85. The maximum Gasteiger partial charge on any atom is 0.306 e. The van der Waals surface area contributed by atoms with Gasteiger partial charge in [-0.3, -0.25) is 14.9 Å². The van der Waals surface area contributed by atoms with E-state index in [1.807, 2.05) is 0 Å². The van der Waals surface area contributed by atoms with E-state index in [0.717, 1.165) is 5.56 Å². The number of para-hydroxylation sites is 1. The molecule has 0 N–H and O–H groups in total. The highest BCUT2D eigenvalue weighted by molar-refractivity contribution is 5.71. The summed E-state index contributed by atoms with van der Waals surface area (Å²) >= 11 is 0. The van der Waals surface area contributed by atoms with E-state index < -0.39 is 35.8 Å². The first kappa shape index (κ1) is 23.2. The number of nitro groups is 1. The van der Waals surface area contributed by atoms with Crippen LogP contribution in [0.4, 0.5) is 4.39 Å². The molecule has 3 aromatic carbocycles. The molecule has 0 saturated carbocycles. The number of benzene rings is 3. The number of halogens is 1. The maximum absolute atomic E-state index is 13.6. The van der Waals surface area contributed by atoms with Crippen LogP contribution in [0.1, 0.15) is 41.1 Å². The maximum atomic E-state index is 13.6. The van der Waals surface area contributed by atoms with E-state index >= 15 is 0 Å². The molecule has 7 nitrogen and oxygen atoms in total. The standard InChI is InChI=1S/C26H24FNO6/c1-32-19-13-9-16(10-14-19)21(15-23(29)33-2)24-20-5-3-4-6-22(20)34-26(25(24)28(30)31)17-7-11-18(27)12-8-17/h3-14,21,24-26H,15H2,1-2H3/t21-,24+,25+,26+/m1/s1. The van der Waals surface area contributed by atoms with Gasteiger partial charge >= 0.3 is 5.97 Å². The molecule has 0 unspecified atom stereocenters. The first-order chi connectivity index (χ1) is 16.4. The number of esters is 1. The molecule has 0 saturated heterocycles. The summed E-state index contributed by atoms with van der Waals surface area (Å²) in [6.07, 6.45) is -1.05. The summed E-state index contributed by atoms with van der Waals surface area (Å²) in [5.74, 6) is -1.11. The van der Waals surface area contributed by atoms with Crippen LogP contribution in [-0.2, 0) is 9.53 Å². The van der Waals surface area contributed by atoms with Crippen molar-refractivity contribution in [3.63, 3.8) is 0 Å².